The third kappa shape index (κ3) is 2.04. The van der Waals surface area contributed by atoms with E-state index in [0.29, 0.717) is 0 Å². The lowest BCUT2D eigenvalue weighted by atomic mass is 10.2. The Morgan fingerprint density at radius 3 is 2.29 bits per heavy atom. The average Bonchev–Trinajstić information content (AvgIpc) is 2.01. The number of rotatable bonds is 1. The molecule has 0 saturated carbocycles. The van der Waals surface area contributed by atoms with Crippen molar-refractivity contribution in [2.45, 2.75) is 6.92 Å². The SMILES string of the molecule is CC(=O)Oc1cc(F)c(C#N)c(F)c1. The standard InChI is InChI=1S/C9H5F2NO2/c1-5(13)14-6-2-8(10)7(4-12)9(11)3-6/h2-3H,1H3. The summed E-state index contributed by atoms with van der Waals surface area (Å²) >= 11 is 0. The molecule has 0 aliphatic rings. The van der Waals surface area contributed by atoms with Crippen molar-refractivity contribution in [1.29, 1.82) is 5.26 Å². The van der Waals surface area contributed by atoms with E-state index in [4.69, 9.17) is 5.26 Å². The molecule has 72 valence electrons. The van der Waals surface area contributed by atoms with E-state index in [0.717, 1.165) is 19.1 Å². The molecule has 0 aliphatic heterocycles. The fraction of sp³-hybridized carbons (Fsp3) is 0.111. The van der Waals surface area contributed by atoms with Crippen LogP contribution in [0.1, 0.15) is 12.5 Å². The average molecular weight is 197 g/mol. The third-order valence-electron chi connectivity index (χ3n) is 1.39. The number of nitrogens with zero attached hydrogens (tertiary/aromatic N) is 1. The zero-order valence-electron chi connectivity index (χ0n) is 7.17. The predicted octanol–water partition coefficient (Wildman–Crippen LogP) is 1.76. The van der Waals surface area contributed by atoms with Crippen molar-refractivity contribution in [1.82, 2.24) is 0 Å². The van der Waals surface area contributed by atoms with Gasteiger partial charge in [-0.05, 0) is 0 Å². The van der Waals surface area contributed by atoms with Crippen LogP contribution < -0.4 is 4.74 Å². The molecule has 14 heavy (non-hydrogen) atoms. The number of nitriles is 1. The number of hydrogen-bond acceptors (Lipinski definition) is 3. The van der Waals surface area contributed by atoms with E-state index in [9.17, 15) is 13.6 Å². The molecule has 3 nitrogen and oxygen atoms in total. The lowest BCUT2D eigenvalue weighted by Crippen LogP contribution is -2.03. The quantitative estimate of drug-likeness (QED) is 0.509. The van der Waals surface area contributed by atoms with Crippen molar-refractivity contribution in [3.8, 4) is 11.8 Å². The molecular formula is C9H5F2NO2. The molecule has 0 unspecified atom stereocenters. The molecule has 0 heterocycles. The maximum atomic E-state index is 12.9. The number of hydrogen-bond donors (Lipinski definition) is 0. The monoisotopic (exact) mass is 197 g/mol. The van der Waals surface area contributed by atoms with Gasteiger partial charge >= 0.3 is 5.97 Å². The Kier molecular flexibility index (Phi) is 2.77. The van der Waals surface area contributed by atoms with Gasteiger partial charge in [-0.2, -0.15) is 5.26 Å². The normalized spacial score (nSPS) is 9.29. The Labute approximate surface area is 78.5 Å². The lowest BCUT2D eigenvalue weighted by molar-refractivity contribution is -0.131. The summed E-state index contributed by atoms with van der Waals surface area (Å²) in [4.78, 5) is 10.5. The molecule has 0 aromatic heterocycles. The van der Waals surface area contributed by atoms with E-state index in [-0.39, 0.29) is 5.75 Å². The summed E-state index contributed by atoms with van der Waals surface area (Å²) in [5.74, 6) is -3.05. The van der Waals surface area contributed by atoms with Crippen LogP contribution in [-0.4, -0.2) is 5.97 Å². The molecule has 1 rings (SSSR count). The Hall–Kier alpha value is -1.96. The number of halogens is 2. The van der Waals surface area contributed by atoms with Crippen LogP contribution in [0.3, 0.4) is 0 Å². The molecular weight excluding hydrogens is 192 g/mol. The molecule has 1 aromatic carbocycles. The van der Waals surface area contributed by atoms with Crippen LogP contribution in [0.25, 0.3) is 0 Å². The molecule has 0 atom stereocenters. The fourth-order valence-corrected chi connectivity index (χ4v) is 0.882. The molecule has 0 bridgehead atoms. The van der Waals surface area contributed by atoms with Crippen LogP contribution in [0, 0.1) is 23.0 Å². The van der Waals surface area contributed by atoms with Crippen LogP contribution >= 0.6 is 0 Å². The highest BCUT2D eigenvalue weighted by Crippen LogP contribution is 2.19. The van der Waals surface area contributed by atoms with Crippen LogP contribution in [0.4, 0.5) is 8.78 Å². The highest BCUT2D eigenvalue weighted by molar-refractivity contribution is 5.69. The van der Waals surface area contributed by atoms with Gasteiger partial charge in [-0.15, -0.1) is 0 Å². The zero-order chi connectivity index (χ0) is 10.7. The van der Waals surface area contributed by atoms with Gasteiger partial charge in [0.15, 0.2) is 0 Å². The van der Waals surface area contributed by atoms with E-state index in [1.807, 2.05) is 0 Å². The van der Waals surface area contributed by atoms with Gasteiger partial charge in [-0.3, -0.25) is 4.79 Å². The minimum Gasteiger partial charge on any atom is -0.427 e. The van der Waals surface area contributed by atoms with Crippen LogP contribution in [0.15, 0.2) is 12.1 Å². The fourth-order valence-electron chi connectivity index (χ4n) is 0.882. The van der Waals surface area contributed by atoms with Crippen LogP contribution in [0.2, 0.25) is 0 Å². The van der Waals surface area contributed by atoms with Gasteiger partial charge in [0.2, 0.25) is 0 Å². The van der Waals surface area contributed by atoms with E-state index in [1.54, 1.807) is 0 Å². The Balaban J connectivity index is 3.15. The van der Waals surface area contributed by atoms with Gasteiger partial charge in [-0.25, -0.2) is 8.78 Å². The Bertz CT molecular complexity index is 400. The molecule has 0 saturated heterocycles. The predicted molar refractivity (Wildman–Crippen MR) is 42.4 cm³/mol. The molecule has 5 heteroatoms. The van der Waals surface area contributed by atoms with Crippen molar-refractivity contribution in [3.05, 3.63) is 29.3 Å². The second-order valence-electron chi connectivity index (χ2n) is 2.47. The van der Waals surface area contributed by atoms with Gasteiger partial charge < -0.3 is 4.74 Å². The van der Waals surface area contributed by atoms with E-state index < -0.39 is 23.2 Å². The van der Waals surface area contributed by atoms with Crippen LogP contribution in [-0.2, 0) is 4.79 Å². The summed E-state index contributed by atoms with van der Waals surface area (Å²) in [5.41, 5.74) is -0.694. The number of carbonyl (C=O) groups is 1. The first-order valence-electron chi connectivity index (χ1n) is 3.62. The third-order valence-corrected chi connectivity index (χ3v) is 1.39. The molecule has 1 aromatic rings. The molecule has 0 fully saturated rings. The van der Waals surface area contributed by atoms with E-state index in [2.05, 4.69) is 4.74 Å². The highest BCUT2D eigenvalue weighted by Gasteiger charge is 2.11. The molecule has 0 spiro atoms. The summed E-state index contributed by atoms with van der Waals surface area (Å²) in [6, 6.07) is 2.92. The molecule has 0 aliphatic carbocycles. The molecule has 0 N–H and O–H groups in total. The van der Waals surface area contributed by atoms with Crippen molar-refractivity contribution in [3.63, 3.8) is 0 Å². The highest BCUT2D eigenvalue weighted by atomic mass is 19.1. The van der Waals surface area contributed by atoms with Gasteiger partial charge in [0.1, 0.15) is 29.0 Å². The second kappa shape index (κ2) is 3.83. The van der Waals surface area contributed by atoms with Crippen LogP contribution in [0.5, 0.6) is 5.75 Å². The minimum absolute atomic E-state index is 0.258. The first kappa shape index (κ1) is 10.1. The summed E-state index contributed by atoms with van der Waals surface area (Å²) in [5, 5.41) is 8.33. The first-order valence-corrected chi connectivity index (χ1v) is 3.62. The van der Waals surface area contributed by atoms with Gasteiger partial charge in [0, 0.05) is 19.1 Å². The largest absolute Gasteiger partial charge is 0.427 e. The minimum atomic E-state index is -1.05. The molecule has 0 radical (unpaired) electrons. The smallest absolute Gasteiger partial charge is 0.308 e. The number of benzene rings is 1. The molecule has 0 amide bonds. The van der Waals surface area contributed by atoms with Crippen molar-refractivity contribution in [2.24, 2.45) is 0 Å². The zero-order valence-corrected chi connectivity index (χ0v) is 7.17. The van der Waals surface area contributed by atoms with Crippen molar-refractivity contribution < 1.29 is 18.3 Å². The maximum Gasteiger partial charge on any atom is 0.308 e. The van der Waals surface area contributed by atoms with E-state index in [1.165, 1.54) is 6.07 Å². The lowest BCUT2D eigenvalue weighted by Gasteiger charge is -2.02. The Morgan fingerprint density at radius 1 is 1.43 bits per heavy atom. The van der Waals surface area contributed by atoms with Gasteiger partial charge in [0.25, 0.3) is 0 Å². The van der Waals surface area contributed by atoms with E-state index >= 15 is 0 Å². The summed E-state index contributed by atoms with van der Waals surface area (Å²) in [6.07, 6.45) is 0. The first-order chi connectivity index (χ1) is 6.54. The summed E-state index contributed by atoms with van der Waals surface area (Å²) in [6.45, 7) is 1.11. The van der Waals surface area contributed by atoms with Gasteiger partial charge in [-0.1, -0.05) is 0 Å². The number of esters is 1. The van der Waals surface area contributed by atoms with Crippen molar-refractivity contribution in [2.75, 3.05) is 0 Å². The van der Waals surface area contributed by atoms with Crippen molar-refractivity contribution >= 4 is 5.97 Å². The van der Waals surface area contributed by atoms with Gasteiger partial charge in [0.05, 0.1) is 0 Å². The topological polar surface area (TPSA) is 50.1 Å². The maximum absolute atomic E-state index is 12.9. The number of carbonyl (C=O) groups excluding carboxylic acids is 1. The Morgan fingerprint density at radius 2 is 1.93 bits per heavy atom. The summed E-state index contributed by atoms with van der Waals surface area (Å²) < 4.78 is 30.3. The summed E-state index contributed by atoms with van der Waals surface area (Å²) in [7, 11) is 0. The number of ether oxygens (including phenoxy) is 1. The second-order valence-corrected chi connectivity index (χ2v) is 2.47.